The minimum atomic E-state index is -1.10. The summed E-state index contributed by atoms with van der Waals surface area (Å²) >= 11 is 0.243. The van der Waals surface area contributed by atoms with Crippen molar-refractivity contribution in [3.63, 3.8) is 0 Å². The zero-order valence-corrected chi connectivity index (χ0v) is 8.98. The predicted molar refractivity (Wildman–Crippen MR) is 48.0 cm³/mol. The first kappa shape index (κ1) is 9.78. The van der Waals surface area contributed by atoms with Gasteiger partial charge in [-0.2, -0.15) is 0 Å². The lowest BCUT2D eigenvalue weighted by Gasteiger charge is -2.04. The third-order valence-electron chi connectivity index (χ3n) is 1.37. The summed E-state index contributed by atoms with van der Waals surface area (Å²) in [5.41, 5.74) is 0.00620. The molecule has 0 aliphatic rings. The summed E-state index contributed by atoms with van der Waals surface area (Å²) in [6.45, 7) is 0. The predicted octanol–water partition coefficient (Wildman–Crippen LogP) is 0.517. The molecule has 0 amide bonds. The Morgan fingerprint density at radius 2 is 1.92 bits per heavy atom. The fourth-order valence-electron chi connectivity index (χ4n) is 0.887. The van der Waals surface area contributed by atoms with Crippen LogP contribution in [0.4, 0.5) is 4.79 Å². The molecule has 0 heterocycles. The number of ether oxygens (including phenoxy) is 1. The average Bonchev–Trinajstić information content (AvgIpc) is 2.03. The molecule has 0 bridgehead atoms. The van der Waals surface area contributed by atoms with E-state index in [1.165, 1.54) is 12.1 Å². The average molecular weight is 194 g/mol. The lowest BCUT2D eigenvalue weighted by Crippen LogP contribution is -2.08. The van der Waals surface area contributed by atoms with E-state index in [1.807, 2.05) is 0 Å². The SMILES string of the molecule is O=[C]([AlH2])Oc1ccccc1C(=O)O. The molecular formula is C8H7AlO4. The van der Waals surface area contributed by atoms with Crippen molar-refractivity contribution in [2.75, 3.05) is 0 Å². The third-order valence-corrected chi connectivity index (χ3v) is 1.58. The summed E-state index contributed by atoms with van der Waals surface area (Å²) in [4.78, 5) is 20.9. The Morgan fingerprint density at radius 1 is 1.31 bits per heavy atom. The van der Waals surface area contributed by atoms with Crippen molar-refractivity contribution in [1.82, 2.24) is 0 Å². The summed E-state index contributed by atoms with van der Waals surface area (Å²) in [6, 6.07) is 6.04. The lowest BCUT2D eigenvalue weighted by atomic mass is 10.2. The van der Waals surface area contributed by atoms with Gasteiger partial charge in [0, 0.05) is 0 Å². The number of carboxylic acid groups (broad SMARTS) is 1. The first-order chi connectivity index (χ1) is 6.11. The zero-order valence-electron chi connectivity index (χ0n) is 6.98. The Hall–Kier alpha value is -1.31. The number of rotatable bonds is 2. The van der Waals surface area contributed by atoms with Crippen LogP contribution in [0.15, 0.2) is 24.3 Å². The smallest absolute Gasteiger partial charge is 0.389 e. The molecule has 0 aliphatic carbocycles. The normalized spacial score (nSPS) is 9.23. The third kappa shape index (κ3) is 2.58. The highest BCUT2D eigenvalue weighted by molar-refractivity contribution is 6.55. The van der Waals surface area contributed by atoms with Gasteiger partial charge in [-0.1, -0.05) is 12.1 Å². The molecule has 4 nitrogen and oxygen atoms in total. The number of carbonyl (C=O) groups is 2. The van der Waals surface area contributed by atoms with Gasteiger partial charge in [-0.25, -0.2) is 4.79 Å². The van der Waals surface area contributed by atoms with Crippen molar-refractivity contribution in [3.8, 4) is 5.75 Å². The van der Waals surface area contributed by atoms with Gasteiger partial charge >= 0.3 is 22.3 Å². The molecule has 0 radical (unpaired) electrons. The summed E-state index contributed by atoms with van der Waals surface area (Å²) in [5, 5.41) is 8.70. The monoisotopic (exact) mass is 194 g/mol. The van der Waals surface area contributed by atoms with Gasteiger partial charge in [0.05, 0.1) is 0 Å². The van der Waals surface area contributed by atoms with E-state index >= 15 is 0 Å². The van der Waals surface area contributed by atoms with Gasteiger partial charge < -0.3 is 9.84 Å². The van der Waals surface area contributed by atoms with E-state index in [1.54, 1.807) is 12.1 Å². The van der Waals surface area contributed by atoms with Crippen molar-refractivity contribution in [2.24, 2.45) is 0 Å². The molecule has 66 valence electrons. The van der Waals surface area contributed by atoms with Crippen LogP contribution in [0.25, 0.3) is 0 Å². The number of benzene rings is 1. The molecule has 0 saturated carbocycles. The highest BCUT2D eigenvalue weighted by atomic mass is 27.0. The van der Waals surface area contributed by atoms with E-state index in [9.17, 15) is 9.59 Å². The first-order valence-corrected chi connectivity index (χ1v) is 4.62. The van der Waals surface area contributed by atoms with Crippen molar-refractivity contribution < 1.29 is 19.4 Å². The summed E-state index contributed by atoms with van der Waals surface area (Å²) < 4.78 is 4.75. The first-order valence-electron chi connectivity index (χ1n) is 3.62. The standard InChI is InChI=1S/C8H5O4.Al.2H/c9-5-12-7-4-2-1-3-6(7)8(10)11;;;/h1-4H,(H,10,11);;;. The van der Waals surface area contributed by atoms with Crippen LogP contribution >= 0.6 is 0 Å². The molecule has 1 aromatic rings. The van der Waals surface area contributed by atoms with E-state index in [-0.39, 0.29) is 27.6 Å². The Balaban J connectivity index is 3.04. The minimum Gasteiger partial charge on any atom is -0.478 e. The van der Waals surface area contributed by atoms with Crippen LogP contribution in [0.3, 0.4) is 0 Å². The van der Waals surface area contributed by atoms with E-state index in [2.05, 4.69) is 0 Å². The lowest BCUT2D eigenvalue weighted by molar-refractivity contribution is 0.0694. The largest absolute Gasteiger partial charge is 0.478 e. The van der Waals surface area contributed by atoms with Crippen LogP contribution in [0.5, 0.6) is 5.75 Å². The van der Waals surface area contributed by atoms with Gasteiger partial charge in [0.2, 0.25) is 0 Å². The van der Waals surface area contributed by atoms with Crippen LogP contribution in [0.2, 0.25) is 0 Å². The molecule has 0 unspecified atom stereocenters. The van der Waals surface area contributed by atoms with E-state index in [0.717, 1.165) is 0 Å². The van der Waals surface area contributed by atoms with Crippen LogP contribution in [-0.2, 0) is 0 Å². The molecule has 0 aromatic heterocycles. The summed E-state index contributed by atoms with van der Waals surface area (Å²) in [6.07, 6.45) is 0. The Labute approximate surface area is 82.6 Å². The quantitative estimate of drug-likeness (QED) is 0.697. The highest BCUT2D eigenvalue weighted by Gasteiger charge is 2.10. The molecule has 0 atom stereocenters. The Bertz CT molecular complexity index is 348. The maximum absolute atomic E-state index is 10.6. The molecular weight excluding hydrogens is 187 g/mol. The summed E-state index contributed by atoms with van der Waals surface area (Å²) in [5.74, 6) is -0.992. The Morgan fingerprint density at radius 3 is 2.46 bits per heavy atom. The number of hydrogen-bond acceptors (Lipinski definition) is 3. The topological polar surface area (TPSA) is 63.6 Å². The highest BCUT2D eigenvalue weighted by Crippen LogP contribution is 2.17. The number of hydrogen-bond donors (Lipinski definition) is 1. The van der Waals surface area contributed by atoms with Gasteiger partial charge in [0.1, 0.15) is 11.3 Å². The fraction of sp³-hybridized carbons (Fsp3) is 0. The molecule has 0 fully saturated rings. The fourth-order valence-corrected chi connectivity index (χ4v) is 1.11. The molecule has 0 spiro atoms. The van der Waals surface area contributed by atoms with Gasteiger partial charge in [0.15, 0.2) is 4.83 Å². The molecule has 1 aromatic carbocycles. The van der Waals surface area contributed by atoms with Crippen molar-refractivity contribution in [3.05, 3.63) is 29.8 Å². The van der Waals surface area contributed by atoms with Gasteiger partial charge in [-0.15, -0.1) is 0 Å². The maximum Gasteiger partial charge on any atom is 0.389 e. The molecule has 1 rings (SSSR count). The second-order valence-corrected chi connectivity index (χ2v) is 3.21. The number of aromatic carboxylic acids is 1. The maximum atomic E-state index is 10.6. The molecule has 0 saturated heterocycles. The molecule has 5 heteroatoms. The van der Waals surface area contributed by atoms with Crippen molar-refractivity contribution >= 4 is 27.1 Å². The van der Waals surface area contributed by atoms with Crippen LogP contribution in [0.1, 0.15) is 10.4 Å². The van der Waals surface area contributed by atoms with E-state index in [0.29, 0.717) is 0 Å². The zero-order chi connectivity index (χ0) is 9.84. The number of carboxylic acids is 1. The van der Waals surface area contributed by atoms with Crippen LogP contribution in [0, 0.1) is 0 Å². The van der Waals surface area contributed by atoms with Crippen LogP contribution < -0.4 is 4.74 Å². The second kappa shape index (κ2) is 4.08. The minimum absolute atomic E-state index is 0.00620. The van der Waals surface area contributed by atoms with E-state index < -0.39 is 10.8 Å². The van der Waals surface area contributed by atoms with E-state index in [4.69, 9.17) is 9.84 Å². The Kier molecular flexibility index (Phi) is 3.07. The second-order valence-electron chi connectivity index (χ2n) is 2.39. The number of carbonyl (C=O) groups excluding carboxylic acids is 1. The van der Waals surface area contributed by atoms with Crippen molar-refractivity contribution in [1.29, 1.82) is 0 Å². The number of para-hydroxylation sites is 1. The van der Waals surface area contributed by atoms with Gasteiger partial charge in [-0.05, 0) is 12.1 Å². The summed E-state index contributed by atoms with van der Waals surface area (Å²) in [7, 11) is 0. The molecule has 13 heavy (non-hydrogen) atoms. The van der Waals surface area contributed by atoms with Crippen molar-refractivity contribution in [2.45, 2.75) is 0 Å². The molecule has 1 N–H and O–H groups in total. The van der Waals surface area contributed by atoms with Crippen LogP contribution in [-0.4, -0.2) is 32.2 Å². The van der Waals surface area contributed by atoms with Gasteiger partial charge in [-0.3, -0.25) is 4.79 Å². The van der Waals surface area contributed by atoms with Gasteiger partial charge in [0.25, 0.3) is 0 Å². The molecule has 0 aliphatic heterocycles.